The van der Waals surface area contributed by atoms with Gasteiger partial charge in [-0.3, -0.25) is 4.79 Å². The summed E-state index contributed by atoms with van der Waals surface area (Å²) < 4.78 is 35.8. The van der Waals surface area contributed by atoms with Crippen molar-refractivity contribution < 1.29 is 18.3 Å². The molecule has 6 nitrogen and oxygen atoms in total. The third kappa shape index (κ3) is 3.80. The number of aryl methyl sites for hydroxylation is 1. The highest BCUT2D eigenvalue weighted by molar-refractivity contribution is 5.94. The number of nitrogens with one attached hydrogen (secondary N) is 1. The number of fused-ring (bicyclic) bond motifs is 1. The minimum atomic E-state index is -0.868. The van der Waals surface area contributed by atoms with Gasteiger partial charge in [-0.2, -0.15) is 0 Å². The standard InChI is InChI=1S/C22H24F2N4O2/c1-13-2-3-19-18(6-13)27-22(28(19)12-17-11-26-4-5-30-17)20-15(9-23)7-14(21(25)29)8-16(20)10-24/h2-3,6-8,17,26H,4-5,9-12H2,1H3,(H2,25,29). The molecule has 8 heteroatoms. The fourth-order valence-electron chi connectivity index (χ4n) is 3.96. The zero-order valence-corrected chi connectivity index (χ0v) is 16.8. The van der Waals surface area contributed by atoms with Crippen LogP contribution in [-0.2, 0) is 24.6 Å². The lowest BCUT2D eigenvalue weighted by molar-refractivity contribution is 0.0191. The molecule has 2 heterocycles. The number of carbonyl (C=O) groups excluding carboxylic acids is 1. The Morgan fingerprint density at radius 1 is 1.27 bits per heavy atom. The Bertz CT molecular complexity index is 1070. The molecule has 1 saturated heterocycles. The normalized spacial score (nSPS) is 16.8. The molecule has 1 atom stereocenters. The van der Waals surface area contributed by atoms with Crippen molar-refractivity contribution in [1.29, 1.82) is 0 Å². The van der Waals surface area contributed by atoms with Crippen LogP contribution >= 0.6 is 0 Å². The molecule has 1 fully saturated rings. The molecule has 30 heavy (non-hydrogen) atoms. The highest BCUT2D eigenvalue weighted by Gasteiger charge is 2.24. The van der Waals surface area contributed by atoms with Crippen molar-refractivity contribution in [2.45, 2.75) is 32.9 Å². The van der Waals surface area contributed by atoms with Crippen LogP contribution in [0.25, 0.3) is 22.4 Å². The smallest absolute Gasteiger partial charge is 0.248 e. The second-order valence-corrected chi connectivity index (χ2v) is 7.54. The van der Waals surface area contributed by atoms with Crippen LogP contribution in [0.2, 0.25) is 0 Å². The van der Waals surface area contributed by atoms with Gasteiger partial charge in [-0.05, 0) is 47.9 Å². The fourth-order valence-corrected chi connectivity index (χ4v) is 3.96. The van der Waals surface area contributed by atoms with E-state index in [0.717, 1.165) is 23.1 Å². The molecule has 1 aliphatic heterocycles. The first-order valence-electron chi connectivity index (χ1n) is 9.89. The van der Waals surface area contributed by atoms with Gasteiger partial charge in [0.1, 0.15) is 19.2 Å². The van der Waals surface area contributed by atoms with Crippen LogP contribution in [0.4, 0.5) is 8.78 Å². The number of primary amides is 1. The molecular formula is C22H24F2N4O2. The minimum absolute atomic E-state index is 0.0809. The van der Waals surface area contributed by atoms with E-state index in [1.54, 1.807) is 0 Å². The molecule has 1 aromatic heterocycles. The van der Waals surface area contributed by atoms with Crippen molar-refractivity contribution in [3.05, 3.63) is 52.6 Å². The lowest BCUT2D eigenvalue weighted by Crippen LogP contribution is -2.40. The number of hydrogen-bond donors (Lipinski definition) is 2. The van der Waals surface area contributed by atoms with Gasteiger partial charge in [0.25, 0.3) is 0 Å². The zero-order chi connectivity index (χ0) is 21.3. The van der Waals surface area contributed by atoms with Gasteiger partial charge in [-0.1, -0.05) is 6.07 Å². The summed E-state index contributed by atoms with van der Waals surface area (Å²) in [5, 5.41) is 3.30. The minimum Gasteiger partial charge on any atom is -0.374 e. The number of carbonyl (C=O) groups is 1. The second kappa shape index (κ2) is 8.49. The van der Waals surface area contributed by atoms with Gasteiger partial charge in [-0.15, -0.1) is 0 Å². The van der Waals surface area contributed by atoms with Crippen molar-refractivity contribution in [2.24, 2.45) is 5.73 Å². The van der Waals surface area contributed by atoms with E-state index in [4.69, 9.17) is 15.5 Å². The Labute approximate surface area is 173 Å². The summed E-state index contributed by atoms with van der Waals surface area (Å²) in [6.45, 7) is 2.78. The number of morpholine rings is 1. The third-order valence-corrected chi connectivity index (χ3v) is 5.39. The molecule has 3 N–H and O–H groups in total. The van der Waals surface area contributed by atoms with E-state index in [1.165, 1.54) is 12.1 Å². The highest BCUT2D eigenvalue weighted by atomic mass is 19.1. The van der Waals surface area contributed by atoms with Gasteiger partial charge in [0, 0.05) is 24.2 Å². The Hall–Kier alpha value is -2.84. The van der Waals surface area contributed by atoms with E-state index in [1.807, 2.05) is 29.7 Å². The SMILES string of the molecule is Cc1ccc2c(c1)nc(-c1c(CF)cc(C(N)=O)cc1CF)n2CC1CNCCO1. The first-order chi connectivity index (χ1) is 14.5. The van der Waals surface area contributed by atoms with Gasteiger partial charge in [0.05, 0.1) is 30.3 Å². The summed E-state index contributed by atoms with van der Waals surface area (Å²) in [7, 11) is 0. The van der Waals surface area contributed by atoms with Gasteiger partial charge in [0.2, 0.25) is 5.91 Å². The molecule has 158 valence electrons. The number of aromatic nitrogens is 2. The van der Waals surface area contributed by atoms with Crippen LogP contribution in [0.3, 0.4) is 0 Å². The van der Waals surface area contributed by atoms with Gasteiger partial charge in [-0.25, -0.2) is 13.8 Å². The Morgan fingerprint density at radius 2 is 2.00 bits per heavy atom. The molecule has 2 aromatic carbocycles. The van der Waals surface area contributed by atoms with Gasteiger partial charge in [0.15, 0.2) is 0 Å². The maximum Gasteiger partial charge on any atom is 0.248 e. The van der Waals surface area contributed by atoms with E-state index in [-0.39, 0.29) is 22.8 Å². The Morgan fingerprint density at radius 3 is 2.60 bits per heavy atom. The molecule has 0 saturated carbocycles. The molecular weight excluding hydrogens is 390 g/mol. The molecule has 1 amide bonds. The molecule has 3 aromatic rings. The number of amides is 1. The van der Waals surface area contributed by atoms with Crippen molar-refractivity contribution >= 4 is 16.9 Å². The topological polar surface area (TPSA) is 82.2 Å². The summed E-state index contributed by atoms with van der Waals surface area (Å²) >= 11 is 0. The Balaban J connectivity index is 1.93. The summed E-state index contributed by atoms with van der Waals surface area (Å²) in [6, 6.07) is 8.64. The number of imidazole rings is 1. The number of nitrogens with two attached hydrogens (primary N) is 1. The van der Waals surface area contributed by atoms with E-state index < -0.39 is 19.3 Å². The largest absolute Gasteiger partial charge is 0.374 e. The first kappa shape index (κ1) is 20.4. The maximum absolute atomic E-state index is 14.0. The quantitative estimate of drug-likeness (QED) is 0.650. The van der Waals surface area contributed by atoms with E-state index in [9.17, 15) is 13.6 Å². The number of halogens is 2. The van der Waals surface area contributed by atoms with Crippen LogP contribution in [0.5, 0.6) is 0 Å². The number of hydrogen-bond acceptors (Lipinski definition) is 4. The average molecular weight is 414 g/mol. The van der Waals surface area contributed by atoms with Crippen LogP contribution < -0.4 is 11.1 Å². The lowest BCUT2D eigenvalue weighted by atomic mass is 9.97. The highest BCUT2D eigenvalue weighted by Crippen LogP contribution is 2.33. The molecule has 0 bridgehead atoms. The van der Waals surface area contributed by atoms with Crippen LogP contribution in [-0.4, -0.2) is 41.3 Å². The third-order valence-electron chi connectivity index (χ3n) is 5.39. The van der Waals surface area contributed by atoms with E-state index in [0.29, 0.717) is 31.1 Å². The monoisotopic (exact) mass is 414 g/mol. The number of ether oxygens (including phenoxy) is 1. The summed E-state index contributed by atoms with van der Waals surface area (Å²) in [5.74, 6) is -0.266. The Kier molecular flexibility index (Phi) is 5.78. The molecule has 0 aliphatic carbocycles. The van der Waals surface area contributed by atoms with E-state index >= 15 is 0 Å². The van der Waals surface area contributed by atoms with Gasteiger partial charge < -0.3 is 20.4 Å². The average Bonchev–Trinajstić information content (AvgIpc) is 3.10. The predicted molar refractivity (Wildman–Crippen MR) is 111 cm³/mol. The van der Waals surface area contributed by atoms with Crippen LogP contribution in [0, 0.1) is 6.92 Å². The predicted octanol–water partition coefficient (Wildman–Crippen LogP) is 3.04. The zero-order valence-electron chi connectivity index (χ0n) is 16.8. The number of rotatable bonds is 6. The van der Waals surface area contributed by atoms with Crippen molar-refractivity contribution in [3.8, 4) is 11.4 Å². The van der Waals surface area contributed by atoms with Crippen molar-refractivity contribution in [2.75, 3.05) is 19.7 Å². The van der Waals surface area contributed by atoms with Crippen LogP contribution in [0.15, 0.2) is 30.3 Å². The molecule has 4 rings (SSSR count). The molecule has 1 aliphatic rings. The molecule has 0 spiro atoms. The first-order valence-corrected chi connectivity index (χ1v) is 9.89. The summed E-state index contributed by atoms with van der Waals surface area (Å²) in [6.07, 6.45) is -0.0938. The molecule has 1 unspecified atom stereocenters. The van der Waals surface area contributed by atoms with E-state index in [2.05, 4.69) is 5.32 Å². The summed E-state index contributed by atoms with van der Waals surface area (Å²) in [4.78, 5) is 16.4. The summed E-state index contributed by atoms with van der Waals surface area (Å²) in [5.41, 5.74) is 8.81. The van der Waals surface area contributed by atoms with Crippen LogP contribution in [0.1, 0.15) is 27.0 Å². The number of nitrogens with zero attached hydrogens (tertiary/aromatic N) is 2. The number of benzene rings is 2. The second-order valence-electron chi connectivity index (χ2n) is 7.54. The lowest BCUT2D eigenvalue weighted by Gasteiger charge is -2.25. The number of alkyl halides is 2. The van der Waals surface area contributed by atoms with Crippen molar-refractivity contribution in [3.63, 3.8) is 0 Å². The molecule has 0 radical (unpaired) electrons. The fraction of sp³-hybridized carbons (Fsp3) is 0.364. The maximum atomic E-state index is 14.0. The van der Waals surface area contributed by atoms with Gasteiger partial charge >= 0.3 is 0 Å². The van der Waals surface area contributed by atoms with Crippen molar-refractivity contribution in [1.82, 2.24) is 14.9 Å².